The van der Waals surface area contributed by atoms with Crippen LogP contribution in [0.15, 0.2) is 29.2 Å². The number of aromatic nitrogens is 1. The van der Waals surface area contributed by atoms with Crippen molar-refractivity contribution in [3.63, 3.8) is 0 Å². The molecule has 2 aliphatic carbocycles. The molecule has 4 atom stereocenters. The molecule has 0 saturated heterocycles. The highest BCUT2D eigenvalue weighted by Gasteiger charge is 2.38. The van der Waals surface area contributed by atoms with Crippen LogP contribution in [0.1, 0.15) is 32.1 Å². The van der Waals surface area contributed by atoms with Gasteiger partial charge in [-0.3, -0.25) is 4.79 Å². The molecule has 0 amide bonds. The summed E-state index contributed by atoms with van der Waals surface area (Å²) in [5.74, 6) is 1.90. The van der Waals surface area contributed by atoms with Crippen molar-refractivity contribution in [2.75, 3.05) is 0 Å². The largest absolute Gasteiger partial charge is 0.489 e. The standard InChI is InChI=1S/C18H21ClN2O2/c19-14-9-13-10(5-6-21-18(13)22)8-17(14)23-16-4-2-11-7-12(16)1-3-15(11)20/h5-6,8-9,11-12,15-16H,1-4,7,20H2,(H,21,22)/t11-,12-,15?,16?/m1/s1. The Morgan fingerprint density at radius 3 is 2.87 bits per heavy atom. The summed E-state index contributed by atoms with van der Waals surface area (Å²) in [7, 11) is 0. The molecule has 122 valence electrons. The van der Waals surface area contributed by atoms with Crippen LogP contribution in [0.4, 0.5) is 0 Å². The molecule has 4 nitrogen and oxygen atoms in total. The Balaban J connectivity index is 1.60. The zero-order chi connectivity index (χ0) is 16.0. The first-order valence-corrected chi connectivity index (χ1v) is 8.73. The zero-order valence-corrected chi connectivity index (χ0v) is 13.7. The lowest BCUT2D eigenvalue weighted by Gasteiger charge is -2.43. The molecule has 1 aromatic carbocycles. The number of fused-ring (bicyclic) bond motifs is 3. The van der Waals surface area contributed by atoms with Gasteiger partial charge in [-0.2, -0.15) is 0 Å². The number of nitrogens with one attached hydrogen (secondary N) is 1. The molecular formula is C18H21ClN2O2. The molecule has 2 aliphatic rings. The van der Waals surface area contributed by atoms with Gasteiger partial charge in [0.2, 0.25) is 0 Å². The summed E-state index contributed by atoms with van der Waals surface area (Å²) in [4.78, 5) is 14.5. The minimum Gasteiger partial charge on any atom is -0.489 e. The number of nitrogens with two attached hydrogens (primary N) is 1. The molecule has 1 heterocycles. The van der Waals surface area contributed by atoms with Gasteiger partial charge in [0.1, 0.15) is 11.9 Å². The molecule has 2 saturated carbocycles. The van der Waals surface area contributed by atoms with Crippen molar-refractivity contribution < 1.29 is 4.74 Å². The van der Waals surface area contributed by atoms with E-state index in [0.29, 0.717) is 34.0 Å². The van der Waals surface area contributed by atoms with Gasteiger partial charge in [-0.1, -0.05) is 11.6 Å². The molecule has 0 radical (unpaired) electrons. The second kappa shape index (κ2) is 5.84. The van der Waals surface area contributed by atoms with Crippen LogP contribution in [0.2, 0.25) is 5.02 Å². The van der Waals surface area contributed by atoms with E-state index in [1.165, 1.54) is 0 Å². The maximum absolute atomic E-state index is 11.8. The number of rotatable bonds is 2. The van der Waals surface area contributed by atoms with E-state index in [4.69, 9.17) is 22.1 Å². The fourth-order valence-electron chi connectivity index (χ4n) is 4.20. The minimum atomic E-state index is -0.127. The van der Waals surface area contributed by atoms with Crippen molar-refractivity contribution in [1.29, 1.82) is 0 Å². The molecule has 5 heteroatoms. The average molecular weight is 333 g/mol. The third-order valence-electron chi connectivity index (χ3n) is 5.53. The van der Waals surface area contributed by atoms with Crippen LogP contribution in [0.5, 0.6) is 5.75 Å². The summed E-state index contributed by atoms with van der Waals surface area (Å²) < 4.78 is 6.27. The van der Waals surface area contributed by atoms with E-state index in [-0.39, 0.29) is 11.7 Å². The lowest BCUT2D eigenvalue weighted by atomic mass is 9.68. The Morgan fingerprint density at radius 1 is 1.17 bits per heavy atom. The fraction of sp³-hybridized carbons (Fsp3) is 0.500. The Kier molecular flexibility index (Phi) is 3.82. The molecule has 0 spiro atoms. The van der Waals surface area contributed by atoms with E-state index >= 15 is 0 Å². The summed E-state index contributed by atoms with van der Waals surface area (Å²) >= 11 is 6.35. The highest BCUT2D eigenvalue weighted by molar-refractivity contribution is 6.32. The van der Waals surface area contributed by atoms with Crippen molar-refractivity contribution in [3.05, 3.63) is 39.8 Å². The number of ether oxygens (including phenoxy) is 1. The van der Waals surface area contributed by atoms with E-state index in [0.717, 1.165) is 37.5 Å². The van der Waals surface area contributed by atoms with Crippen molar-refractivity contribution >= 4 is 22.4 Å². The Morgan fingerprint density at radius 2 is 2.00 bits per heavy atom. The second-order valence-electron chi connectivity index (χ2n) is 6.91. The van der Waals surface area contributed by atoms with Crippen LogP contribution in [-0.2, 0) is 0 Å². The number of halogens is 1. The Bertz CT molecular complexity index is 788. The average Bonchev–Trinajstić information content (AvgIpc) is 2.55. The minimum absolute atomic E-state index is 0.127. The van der Waals surface area contributed by atoms with Gasteiger partial charge < -0.3 is 15.5 Å². The molecule has 2 bridgehead atoms. The van der Waals surface area contributed by atoms with E-state index in [1.54, 1.807) is 12.3 Å². The number of aromatic amines is 1. The van der Waals surface area contributed by atoms with Gasteiger partial charge >= 0.3 is 0 Å². The third-order valence-corrected chi connectivity index (χ3v) is 5.83. The van der Waals surface area contributed by atoms with Crippen molar-refractivity contribution in [2.24, 2.45) is 17.6 Å². The number of hydrogen-bond donors (Lipinski definition) is 2. The Labute approximate surface area is 140 Å². The third kappa shape index (κ3) is 2.74. The molecule has 2 aromatic rings. The van der Waals surface area contributed by atoms with Crippen molar-refractivity contribution in [2.45, 2.75) is 44.2 Å². The molecule has 3 N–H and O–H groups in total. The number of pyridine rings is 1. The first-order chi connectivity index (χ1) is 11.1. The van der Waals surface area contributed by atoms with Gasteiger partial charge in [0.15, 0.2) is 0 Å². The fourth-order valence-corrected chi connectivity index (χ4v) is 4.41. The maximum atomic E-state index is 11.8. The highest BCUT2D eigenvalue weighted by Crippen LogP contribution is 2.42. The van der Waals surface area contributed by atoms with Crippen LogP contribution in [0.25, 0.3) is 10.8 Å². The molecular weight excluding hydrogens is 312 g/mol. The highest BCUT2D eigenvalue weighted by atomic mass is 35.5. The summed E-state index contributed by atoms with van der Waals surface area (Å²) in [6.45, 7) is 0. The lowest BCUT2D eigenvalue weighted by molar-refractivity contribution is 0.0321. The topological polar surface area (TPSA) is 68.1 Å². The number of H-pyrrole nitrogens is 1. The van der Waals surface area contributed by atoms with Crippen molar-refractivity contribution in [1.82, 2.24) is 4.98 Å². The first-order valence-electron chi connectivity index (χ1n) is 8.35. The second-order valence-corrected chi connectivity index (χ2v) is 7.31. The van der Waals surface area contributed by atoms with Gasteiger partial charge in [-0.05, 0) is 67.5 Å². The smallest absolute Gasteiger partial charge is 0.255 e. The first kappa shape index (κ1) is 15.0. The SMILES string of the molecule is NC1CC[C@@H]2C[C@H]1CCC2Oc1cc2cc[nH]c(=O)c2cc1Cl. The van der Waals surface area contributed by atoms with Crippen LogP contribution in [0.3, 0.4) is 0 Å². The summed E-state index contributed by atoms with van der Waals surface area (Å²) in [6, 6.07) is 5.82. The predicted molar refractivity (Wildman–Crippen MR) is 92.0 cm³/mol. The van der Waals surface area contributed by atoms with Gasteiger partial charge in [0, 0.05) is 17.6 Å². The predicted octanol–water partition coefficient (Wildman–Crippen LogP) is 3.47. The van der Waals surface area contributed by atoms with Gasteiger partial charge in [-0.15, -0.1) is 0 Å². The maximum Gasteiger partial charge on any atom is 0.255 e. The van der Waals surface area contributed by atoms with E-state index in [9.17, 15) is 4.79 Å². The molecule has 2 unspecified atom stereocenters. The van der Waals surface area contributed by atoms with Gasteiger partial charge in [0.25, 0.3) is 5.56 Å². The van der Waals surface area contributed by atoms with Crippen LogP contribution in [-0.4, -0.2) is 17.1 Å². The van der Waals surface area contributed by atoms with Crippen LogP contribution >= 0.6 is 11.6 Å². The quantitative estimate of drug-likeness (QED) is 0.884. The summed E-state index contributed by atoms with van der Waals surface area (Å²) in [5.41, 5.74) is 6.06. The molecule has 23 heavy (non-hydrogen) atoms. The van der Waals surface area contributed by atoms with E-state index in [2.05, 4.69) is 4.98 Å². The monoisotopic (exact) mass is 332 g/mol. The zero-order valence-electron chi connectivity index (χ0n) is 12.9. The van der Waals surface area contributed by atoms with Crippen molar-refractivity contribution in [3.8, 4) is 5.75 Å². The molecule has 1 aromatic heterocycles. The summed E-state index contributed by atoms with van der Waals surface area (Å²) in [6.07, 6.45) is 7.41. The van der Waals surface area contributed by atoms with E-state index in [1.807, 2.05) is 12.1 Å². The Hall–Kier alpha value is -1.52. The lowest BCUT2D eigenvalue weighted by Crippen LogP contribution is -2.45. The summed E-state index contributed by atoms with van der Waals surface area (Å²) in [5, 5.41) is 1.95. The molecule has 0 aliphatic heterocycles. The van der Waals surface area contributed by atoms with Gasteiger partial charge in [0.05, 0.1) is 5.02 Å². The van der Waals surface area contributed by atoms with Gasteiger partial charge in [-0.25, -0.2) is 0 Å². The number of hydrogen-bond acceptors (Lipinski definition) is 3. The van der Waals surface area contributed by atoms with Crippen LogP contribution in [0, 0.1) is 11.8 Å². The molecule has 4 rings (SSSR count). The normalized spacial score (nSPS) is 30.3. The number of benzene rings is 1. The van der Waals surface area contributed by atoms with Crippen LogP contribution < -0.4 is 16.0 Å². The van der Waals surface area contributed by atoms with E-state index < -0.39 is 0 Å². The molecule has 2 fully saturated rings.